The summed E-state index contributed by atoms with van der Waals surface area (Å²) in [6, 6.07) is 14.1. The number of nitrogens with one attached hydrogen (secondary N) is 2. The first kappa shape index (κ1) is 19.9. The smallest absolute Gasteiger partial charge is 0.277 e. The molecule has 0 saturated carbocycles. The highest BCUT2D eigenvalue weighted by Crippen LogP contribution is 2.19. The van der Waals surface area contributed by atoms with Crippen molar-refractivity contribution in [3.05, 3.63) is 65.0 Å². The van der Waals surface area contributed by atoms with E-state index in [1.165, 1.54) is 6.92 Å². The van der Waals surface area contributed by atoms with Crippen LogP contribution in [-0.4, -0.2) is 27.6 Å². The Labute approximate surface area is 170 Å². The average molecular weight is 417 g/mol. The number of Topliss-reactive ketones (excluding diaryl/α,β-unsaturated/α-hetero) is 1. The first-order chi connectivity index (χ1) is 13.5. The first-order valence-electron chi connectivity index (χ1n) is 8.35. The highest BCUT2D eigenvalue weighted by Gasteiger charge is 2.11. The van der Waals surface area contributed by atoms with Crippen molar-refractivity contribution in [1.29, 1.82) is 0 Å². The number of hydrogen-bond donors (Lipinski definition) is 2. The lowest BCUT2D eigenvalue weighted by Gasteiger charge is -2.05. The lowest BCUT2D eigenvalue weighted by atomic mass is 10.1. The van der Waals surface area contributed by atoms with Crippen molar-refractivity contribution in [3.63, 3.8) is 0 Å². The monoisotopic (exact) mass is 416 g/mol. The predicted molar refractivity (Wildman–Crippen MR) is 109 cm³/mol. The standard InChI is InChI=1S/C19H17ClN4O3S/c1-12(25)13-4-2-7-16(8-13)22-17(26)11-28-19-24-23-18(27-19)10-21-15-6-3-5-14(20)9-15/h2-9,21H,10-11H2,1H3,(H,22,26). The number of aromatic nitrogens is 2. The summed E-state index contributed by atoms with van der Waals surface area (Å²) in [4.78, 5) is 23.5. The molecule has 144 valence electrons. The zero-order valence-electron chi connectivity index (χ0n) is 14.9. The molecule has 0 atom stereocenters. The van der Waals surface area contributed by atoms with Crippen LogP contribution in [0.15, 0.2) is 58.2 Å². The Balaban J connectivity index is 1.48. The molecule has 3 aromatic rings. The number of hydrogen-bond acceptors (Lipinski definition) is 7. The van der Waals surface area contributed by atoms with E-state index in [2.05, 4.69) is 20.8 Å². The molecular weight excluding hydrogens is 400 g/mol. The van der Waals surface area contributed by atoms with E-state index < -0.39 is 0 Å². The number of amides is 1. The van der Waals surface area contributed by atoms with Crippen LogP contribution in [0.2, 0.25) is 5.02 Å². The largest absolute Gasteiger partial charge is 0.414 e. The van der Waals surface area contributed by atoms with Gasteiger partial charge in [-0.25, -0.2) is 0 Å². The summed E-state index contributed by atoms with van der Waals surface area (Å²) in [5.41, 5.74) is 1.95. The van der Waals surface area contributed by atoms with E-state index in [0.29, 0.717) is 33.9 Å². The van der Waals surface area contributed by atoms with Crippen LogP contribution in [0.25, 0.3) is 0 Å². The molecule has 3 rings (SSSR count). The van der Waals surface area contributed by atoms with Gasteiger partial charge in [0.15, 0.2) is 5.78 Å². The fourth-order valence-electron chi connectivity index (χ4n) is 2.28. The first-order valence-corrected chi connectivity index (χ1v) is 9.71. The van der Waals surface area contributed by atoms with Crippen LogP contribution < -0.4 is 10.6 Å². The zero-order valence-corrected chi connectivity index (χ0v) is 16.5. The van der Waals surface area contributed by atoms with Crippen LogP contribution in [0.3, 0.4) is 0 Å². The van der Waals surface area contributed by atoms with Crippen LogP contribution in [-0.2, 0) is 11.3 Å². The van der Waals surface area contributed by atoms with Crippen LogP contribution in [0.4, 0.5) is 11.4 Å². The SMILES string of the molecule is CC(=O)c1cccc(NC(=O)CSc2nnc(CNc3cccc(Cl)c3)o2)c1. The van der Waals surface area contributed by atoms with Gasteiger partial charge in [-0.2, -0.15) is 0 Å². The molecule has 0 aliphatic heterocycles. The Morgan fingerprint density at radius 1 is 1.11 bits per heavy atom. The third-order valence-corrected chi connectivity index (χ3v) is 4.65. The number of thioether (sulfide) groups is 1. The zero-order chi connectivity index (χ0) is 19.9. The Hall–Kier alpha value is -2.84. The van der Waals surface area contributed by atoms with E-state index in [1.54, 1.807) is 36.4 Å². The molecule has 1 aromatic heterocycles. The Bertz CT molecular complexity index is 993. The van der Waals surface area contributed by atoms with Crippen LogP contribution in [0.1, 0.15) is 23.2 Å². The van der Waals surface area contributed by atoms with Gasteiger partial charge in [-0.3, -0.25) is 9.59 Å². The molecule has 0 radical (unpaired) electrons. The molecule has 0 bridgehead atoms. The number of nitrogens with zero attached hydrogens (tertiary/aromatic N) is 2. The summed E-state index contributed by atoms with van der Waals surface area (Å²) in [6.07, 6.45) is 0. The maximum atomic E-state index is 12.1. The predicted octanol–water partition coefficient (Wildman–Crippen LogP) is 4.27. The van der Waals surface area contributed by atoms with Gasteiger partial charge in [0.2, 0.25) is 11.8 Å². The molecule has 1 amide bonds. The summed E-state index contributed by atoms with van der Waals surface area (Å²) in [5.74, 6) is 0.211. The summed E-state index contributed by atoms with van der Waals surface area (Å²) in [7, 11) is 0. The number of halogens is 1. The van der Waals surface area contributed by atoms with Crippen LogP contribution in [0, 0.1) is 0 Å². The van der Waals surface area contributed by atoms with Crippen molar-refractivity contribution in [1.82, 2.24) is 10.2 Å². The Kier molecular flexibility index (Phi) is 6.67. The summed E-state index contributed by atoms with van der Waals surface area (Å²) in [6.45, 7) is 1.82. The van der Waals surface area contributed by atoms with Gasteiger partial charge in [-0.15, -0.1) is 10.2 Å². The van der Waals surface area contributed by atoms with Gasteiger partial charge in [0.25, 0.3) is 5.22 Å². The minimum atomic E-state index is -0.234. The lowest BCUT2D eigenvalue weighted by Crippen LogP contribution is -2.14. The van der Waals surface area contributed by atoms with Crippen LogP contribution >= 0.6 is 23.4 Å². The summed E-state index contributed by atoms with van der Waals surface area (Å²) in [5, 5.41) is 14.7. The number of carbonyl (C=O) groups excluding carboxylic acids is 2. The normalized spacial score (nSPS) is 10.5. The molecule has 0 fully saturated rings. The lowest BCUT2D eigenvalue weighted by molar-refractivity contribution is -0.113. The van der Waals surface area contributed by atoms with Gasteiger partial charge in [0.05, 0.1) is 12.3 Å². The Morgan fingerprint density at radius 2 is 1.89 bits per heavy atom. The minimum absolute atomic E-state index is 0.0600. The van der Waals surface area contributed by atoms with E-state index in [0.717, 1.165) is 17.4 Å². The number of benzene rings is 2. The number of ketones is 1. The van der Waals surface area contributed by atoms with E-state index in [9.17, 15) is 9.59 Å². The van der Waals surface area contributed by atoms with Gasteiger partial charge in [0, 0.05) is 22.0 Å². The molecule has 0 aliphatic rings. The second kappa shape index (κ2) is 9.38. The summed E-state index contributed by atoms with van der Waals surface area (Å²) >= 11 is 7.07. The number of carbonyl (C=O) groups is 2. The van der Waals surface area contributed by atoms with Gasteiger partial charge in [-0.1, -0.05) is 41.6 Å². The van der Waals surface area contributed by atoms with E-state index in [4.69, 9.17) is 16.0 Å². The van der Waals surface area contributed by atoms with Crippen molar-refractivity contribution in [3.8, 4) is 0 Å². The van der Waals surface area contributed by atoms with Gasteiger partial charge < -0.3 is 15.1 Å². The van der Waals surface area contributed by atoms with Crippen molar-refractivity contribution in [2.45, 2.75) is 18.7 Å². The molecular formula is C19H17ClN4O3S. The van der Waals surface area contributed by atoms with Crippen molar-refractivity contribution >= 4 is 46.4 Å². The average Bonchev–Trinajstić information content (AvgIpc) is 3.13. The quantitative estimate of drug-likeness (QED) is 0.418. The Morgan fingerprint density at radius 3 is 2.68 bits per heavy atom. The number of anilines is 2. The fraction of sp³-hybridized carbons (Fsp3) is 0.158. The molecule has 9 heteroatoms. The maximum absolute atomic E-state index is 12.1. The molecule has 1 heterocycles. The third kappa shape index (κ3) is 5.83. The molecule has 0 aliphatic carbocycles. The maximum Gasteiger partial charge on any atom is 0.277 e. The molecule has 0 spiro atoms. The molecule has 28 heavy (non-hydrogen) atoms. The second-order valence-corrected chi connectivity index (χ2v) is 7.16. The molecule has 2 N–H and O–H groups in total. The topological polar surface area (TPSA) is 97.1 Å². The summed E-state index contributed by atoms with van der Waals surface area (Å²) < 4.78 is 5.51. The molecule has 0 saturated heterocycles. The van der Waals surface area contributed by atoms with E-state index >= 15 is 0 Å². The number of rotatable bonds is 8. The van der Waals surface area contributed by atoms with Crippen LogP contribution in [0.5, 0.6) is 0 Å². The van der Waals surface area contributed by atoms with Gasteiger partial charge in [0.1, 0.15) is 0 Å². The van der Waals surface area contributed by atoms with Gasteiger partial charge in [-0.05, 0) is 37.3 Å². The van der Waals surface area contributed by atoms with Crippen molar-refractivity contribution in [2.24, 2.45) is 0 Å². The highest BCUT2D eigenvalue weighted by molar-refractivity contribution is 7.99. The third-order valence-electron chi connectivity index (χ3n) is 3.60. The van der Waals surface area contributed by atoms with E-state index in [-0.39, 0.29) is 17.4 Å². The molecule has 7 nitrogen and oxygen atoms in total. The van der Waals surface area contributed by atoms with Crippen molar-refractivity contribution < 1.29 is 14.0 Å². The molecule has 2 aromatic carbocycles. The minimum Gasteiger partial charge on any atom is -0.414 e. The van der Waals surface area contributed by atoms with Gasteiger partial charge >= 0.3 is 0 Å². The highest BCUT2D eigenvalue weighted by atomic mass is 35.5. The molecule has 0 unspecified atom stereocenters. The fourth-order valence-corrected chi connectivity index (χ4v) is 3.06. The van der Waals surface area contributed by atoms with Crippen molar-refractivity contribution in [2.75, 3.05) is 16.4 Å². The van der Waals surface area contributed by atoms with E-state index in [1.807, 2.05) is 12.1 Å². The second-order valence-electron chi connectivity index (χ2n) is 5.80.